The van der Waals surface area contributed by atoms with Crippen molar-refractivity contribution < 1.29 is 0 Å². The maximum atomic E-state index is 4.30. The lowest BCUT2D eigenvalue weighted by atomic mass is 10.1. The van der Waals surface area contributed by atoms with Gasteiger partial charge in [-0.05, 0) is 12.0 Å². The molecule has 0 unspecified atom stereocenters. The lowest BCUT2D eigenvalue weighted by Crippen LogP contribution is -2.46. The van der Waals surface area contributed by atoms with Crippen molar-refractivity contribution in [3.05, 3.63) is 48.0 Å². The molecule has 1 fully saturated rings. The van der Waals surface area contributed by atoms with Crippen LogP contribution in [0, 0.1) is 0 Å². The van der Waals surface area contributed by atoms with E-state index < -0.39 is 0 Å². The van der Waals surface area contributed by atoms with E-state index in [4.69, 9.17) is 0 Å². The summed E-state index contributed by atoms with van der Waals surface area (Å²) in [4.78, 5) is 9.32. The summed E-state index contributed by atoms with van der Waals surface area (Å²) in [6.07, 6.45) is 2.77. The first-order valence-corrected chi connectivity index (χ1v) is 7.63. The minimum absolute atomic E-state index is 0.906. The Morgan fingerprint density at radius 3 is 2.38 bits per heavy atom. The van der Waals surface area contributed by atoms with Crippen LogP contribution in [0.4, 0.5) is 0 Å². The van der Waals surface area contributed by atoms with Crippen molar-refractivity contribution in [2.45, 2.75) is 13.0 Å². The van der Waals surface area contributed by atoms with Crippen LogP contribution in [0.15, 0.2) is 36.7 Å². The van der Waals surface area contributed by atoms with Gasteiger partial charge in [0, 0.05) is 39.8 Å². The molecule has 0 radical (unpaired) electrons. The average molecular weight is 285 g/mol. The maximum absolute atomic E-state index is 4.30. The summed E-state index contributed by atoms with van der Waals surface area (Å²) in [7, 11) is 1.96. The molecule has 1 aliphatic rings. The summed E-state index contributed by atoms with van der Waals surface area (Å²) in [6.45, 7) is 6.57. The fourth-order valence-corrected chi connectivity index (χ4v) is 2.77. The number of benzene rings is 1. The molecule has 0 saturated carbocycles. The number of piperazine rings is 1. The van der Waals surface area contributed by atoms with Crippen LogP contribution in [0.1, 0.15) is 11.4 Å². The van der Waals surface area contributed by atoms with Crippen molar-refractivity contribution >= 4 is 0 Å². The molecule has 2 aromatic rings. The third kappa shape index (κ3) is 3.89. The van der Waals surface area contributed by atoms with Crippen LogP contribution in [0.2, 0.25) is 0 Å². The van der Waals surface area contributed by atoms with E-state index in [1.165, 1.54) is 5.56 Å². The van der Waals surface area contributed by atoms with Gasteiger partial charge in [-0.25, -0.2) is 4.98 Å². The summed E-state index contributed by atoms with van der Waals surface area (Å²) in [5.74, 6) is 1.05. The van der Waals surface area contributed by atoms with E-state index in [1.807, 2.05) is 11.7 Å². The SMILES string of the molecule is Cn1ncnc1CN1CCN(CCc2ccccc2)CC1. The van der Waals surface area contributed by atoms with Gasteiger partial charge in [0.2, 0.25) is 0 Å². The Hall–Kier alpha value is -1.72. The van der Waals surface area contributed by atoms with Crippen LogP contribution < -0.4 is 0 Å². The number of aryl methyl sites for hydroxylation is 1. The largest absolute Gasteiger partial charge is 0.300 e. The van der Waals surface area contributed by atoms with Gasteiger partial charge in [0.15, 0.2) is 0 Å². The highest BCUT2D eigenvalue weighted by Crippen LogP contribution is 2.08. The van der Waals surface area contributed by atoms with E-state index in [0.717, 1.165) is 51.5 Å². The number of rotatable bonds is 5. The molecular weight excluding hydrogens is 262 g/mol. The first-order chi connectivity index (χ1) is 10.3. The predicted octanol–water partition coefficient (Wildman–Crippen LogP) is 1.18. The Labute approximate surface area is 126 Å². The van der Waals surface area contributed by atoms with Crippen molar-refractivity contribution in [3.8, 4) is 0 Å². The Bertz CT molecular complexity index is 543. The second kappa shape index (κ2) is 6.83. The zero-order chi connectivity index (χ0) is 14.5. The fourth-order valence-electron chi connectivity index (χ4n) is 2.77. The smallest absolute Gasteiger partial charge is 0.140 e. The van der Waals surface area contributed by atoms with Gasteiger partial charge >= 0.3 is 0 Å². The molecule has 0 N–H and O–H groups in total. The molecule has 5 heteroatoms. The molecule has 1 aliphatic heterocycles. The number of nitrogens with zero attached hydrogens (tertiary/aromatic N) is 5. The molecule has 5 nitrogen and oxygen atoms in total. The zero-order valence-corrected chi connectivity index (χ0v) is 12.6. The second-order valence-corrected chi connectivity index (χ2v) is 5.65. The normalized spacial score (nSPS) is 17.2. The topological polar surface area (TPSA) is 37.2 Å². The second-order valence-electron chi connectivity index (χ2n) is 5.65. The van der Waals surface area contributed by atoms with Crippen LogP contribution in [0.25, 0.3) is 0 Å². The van der Waals surface area contributed by atoms with E-state index in [0.29, 0.717) is 0 Å². The fraction of sp³-hybridized carbons (Fsp3) is 0.500. The number of aromatic nitrogens is 3. The molecule has 1 aromatic carbocycles. The summed E-state index contributed by atoms with van der Waals surface area (Å²) < 4.78 is 1.86. The van der Waals surface area contributed by atoms with Crippen molar-refractivity contribution in [1.29, 1.82) is 0 Å². The van der Waals surface area contributed by atoms with E-state index in [2.05, 4.69) is 50.2 Å². The highest BCUT2D eigenvalue weighted by atomic mass is 15.3. The summed E-state index contributed by atoms with van der Waals surface area (Å²) in [5.41, 5.74) is 1.43. The number of hydrogen-bond donors (Lipinski definition) is 0. The van der Waals surface area contributed by atoms with E-state index >= 15 is 0 Å². The minimum Gasteiger partial charge on any atom is -0.300 e. The van der Waals surface area contributed by atoms with Crippen LogP contribution in [-0.2, 0) is 20.0 Å². The lowest BCUT2D eigenvalue weighted by Gasteiger charge is -2.34. The molecule has 0 atom stereocenters. The van der Waals surface area contributed by atoms with Crippen LogP contribution in [-0.4, -0.2) is 57.3 Å². The Balaban J connectivity index is 1.42. The maximum Gasteiger partial charge on any atom is 0.140 e. The van der Waals surface area contributed by atoms with Gasteiger partial charge in [-0.1, -0.05) is 30.3 Å². The van der Waals surface area contributed by atoms with E-state index in [1.54, 1.807) is 6.33 Å². The molecule has 0 amide bonds. The van der Waals surface area contributed by atoms with Gasteiger partial charge < -0.3 is 4.90 Å². The van der Waals surface area contributed by atoms with Crippen molar-refractivity contribution in [3.63, 3.8) is 0 Å². The summed E-state index contributed by atoms with van der Waals surface area (Å²) in [5, 5.41) is 4.13. The molecule has 0 spiro atoms. The van der Waals surface area contributed by atoms with Crippen LogP contribution in [0.3, 0.4) is 0 Å². The average Bonchev–Trinajstić information content (AvgIpc) is 2.93. The van der Waals surface area contributed by atoms with E-state index in [-0.39, 0.29) is 0 Å². The zero-order valence-electron chi connectivity index (χ0n) is 12.6. The van der Waals surface area contributed by atoms with Gasteiger partial charge in [0.05, 0.1) is 6.54 Å². The summed E-state index contributed by atoms with van der Waals surface area (Å²) in [6, 6.07) is 10.7. The Kier molecular flexibility index (Phi) is 4.62. The first kappa shape index (κ1) is 14.2. The standard InChI is InChI=1S/C16H23N5/c1-19-16(17-14-18-19)13-21-11-9-20(10-12-21)8-7-15-5-3-2-4-6-15/h2-6,14H,7-13H2,1H3. The van der Waals surface area contributed by atoms with Gasteiger partial charge in [-0.3, -0.25) is 9.58 Å². The van der Waals surface area contributed by atoms with Crippen LogP contribution >= 0.6 is 0 Å². The molecule has 0 bridgehead atoms. The van der Waals surface area contributed by atoms with Gasteiger partial charge in [0.1, 0.15) is 12.2 Å². The van der Waals surface area contributed by atoms with E-state index in [9.17, 15) is 0 Å². The lowest BCUT2D eigenvalue weighted by molar-refractivity contribution is 0.125. The third-order valence-electron chi connectivity index (χ3n) is 4.19. The predicted molar refractivity (Wildman–Crippen MR) is 82.9 cm³/mol. The quantitative estimate of drug-likeness (QED) is 0.826. The van der Waals surface area contributed by atoms with Crippen LogP contribution in [0.5, 0.6) is 0 Å². The van der Waals surface area contributed by atoms with Crippen molar-refractivity contribution in [2.24, 2.45) is 7.05 Å². The molecule has 0 aliphatic carbocycles. The number of hydrogen-bond acceptors (Lipinski definition) is 4. The minimum atomic E-state index is 0.906. The molecule has 3 rings (SSSR count). The van der Waals surface area contributed by atoms with Gasteiger partial charge in [-0.15, -0.1) is 0 Å². The van der Waals surface area contributed by atoms with Crippen molar-refractivity contribution in [2.75, 3.05) is 32.7 Å². The van der Waals surface area contributed by atoms with Gasteiger partial charge in [0.25, 0.3) is 0 Å². The molecular formula is C16H23N5. The third-order valence-corrected chi connectivity index (χ3v) is 4.19. The highest BCUT2D eigenvalue weighted by molar-refractivity contribution is 5.14. The molecule has 2 heterocycles. The first-order valence-electron chi connectivity index (χ1n) is 7.63. The molecule has 1 saturated heterocycles. The van der Waals surface area contributed by atoms with Crippen molar-refractivity contribution in [1.82, 2.24) is 24.6 Å². The molecule has 1 aromatic heterocycles. The molecule has 112 valence electrons. The highest BCUT2D eigenvalue weighted by Gasteiger charge is 2.18. The van der Waals surface area contributed by atoms with Gasteiger partial charge in [-0.2, -0.15) is 5.10 Å². The summed E-state index contributed by atoms with van der Waals surface area (Å²) >= 11 is 0. The Morgan fingerprint density at radius 1 is 1.00 bits per heavy atom. The Morgan fingerprint density at radius 2 is 1.71 bits per heavy atom. The molecule has 21 heavy (non-hydrogen) atoms. The monoisotopic (exact) mass is 285 g/mol.